The van der Waals surface area contributed by atoms with Gasteiger partial charge in [-0.2, -0.15) is 0 Å². The molecule has 6 heteroatoms. The Morgan fingerprint density at radius 3 is 2.50 bits per heavy atom. The van der Waals surface area contributed by atoms with Crippen molar-refractivity contribution in [2.24, 2.45) is 5.92 Å². The Morgan fingerprint density at radius 2 is 1.95 bits per heavy atom. The zero-order valence-corrected chi connectivity index (χ0v) is 12.6. The number of hydrogen-bond acceptors (Lipinski definition) is 4. The fourth-order valence-corrected chi connectivity index (χ4v) is 2.84. The van der Waals surface area contributed by atoms with Gasteiger partial charge in [0.2, 0.25) is 0 Å². The van der Waals surface area contributed by atoms with Crippen LogP contribution in [0.25, 0.3) is 0 Å². The minimum Gasteiger partial charge on any atom is -0.465 e. The molecule has 1 aliphatic carbocycles. The summed E-state index contributed by atoms with van der Waals surface area (Å²) in [5.74, 6) is -0.337. The van der Waals surface area contributed by atoms with Crippen molar-refractivity contribution in [2.45, 2.75) is 31.8 Å². The monoisotopic (exact) mass is 302 g/mol. The topological polar surface area (TPSA) is 75.7 Å². The first-order valence-electron chi connectivity index (χ1n) is 7.27. The SMILES string of the molecule is COC(=O)c1ccc(CN2C(=O)NC(C)(C3CC3)C2=O)cc1. The van der Waals surface area contributed by atoms with Crippen molar-refractivity contribution in [3.8, 4) is 0 Å². The van der Waals surface area contributed by atoms with Crippen LogP contribution in [0.3, 0.4) is 0 Å². The number of amides is 3. The van der Waals surface area contributed by atoms with E-state index in [-0.39, 0.29) is 24.4 Å². The second-order valence-corrected chi connectivity index (χ2v) is 5.99. The Bertz CT molecular complexity index is 636. The number of imide groups is 1. The van der Waals surface area contributed by atoms with Crippen LogP contribution in [0.15, 0.2) is 24.3 Å². The van der Waals surface area contributed by atoms with Crippen molar-refractivity contribution in [2.75, 3.05) is 7.11 Å². The Balaban J connectivity index is 1.74. The second kappa shape index (κ2) is 5.12. The van der Waals surface area contributed by atoms with Gasteiger partial charge in [-0.15, -0.1) is 0 Å². The molecule has 3 rings (SSSR count). The lowest BCUT2D eigenvalue weighted by atomic mass is 9.96. The molecular weight excluding hydrogens is 284 g/mol. The van der Waals surface area contributed by atoms with Crippen LogP contribution in [0, 0.1) is 5.92 Å². The van der Waals surface area contributed by atoms with Crippen LogP contribution < -0.4 is 5.32 Å². The molecule has 2 aliphatic rings. The lowest BCUT2D eigenvalue weighted by Crippen LogP contribution is -2.46. The molecule has 116 valence electrons. The first-order chi connectivity index (χ1) is 10.5. The smallest absolute Gasteiger partial charge is 0.337 e. The maximum atomic E-state index is 12.5. The molecule has 1 aromatic carbocycles. The summed E-state index contributed by atoms with van der Waals surface area (Å²) in [6.07, 6.45) is 1.95. The molecule has 1 heterocycles. The number of hydrogen-bond donors (Lipinski definition) is 1. The molecular formula is C16H18N2O4. The fraction of sp³-hybridized carbons (Fsp3) is 0.438. The van der Waals surface area contributed by atoms with E-state index in [1.54, 1.807) is 31.2 Å². The van der Waals surface area contributed by atoms with Crippen LogP contribution in [-0.4, -0.2) is 35.5 Å². The minimum atomic E-state index is -0.761. The van der Waals surface area contributed by atoms with E-state index in [2.05, 4.69) is 10.1 Å². The molecule has 2 fully saturated rings. The summed E-state index contributed by atoms with van der Waals surface area (Å²) in [5, 5.41) is 2.81. The van der Waals surface area contributed by atoms with Crippen LogP contribution in [0.2, 0.25) is 0 Å². The Hall–Kier alpha value is -2.37. The molecule has 22 heavy (non-hydrogen) atoms. The van der Waals surface area contributed by atoms with Gasteiger partial charge in [-0.3, -0.25) is 9.69 Å². The lowest BCUT2D eigenvalue weighted by molar-refractivity contribution is -0.131. The predicted octanol–water partition coefficient (Wildman–Crippen LogP) is 1.69. The van der Waals surface area contributed by atoms with E-state index < -0.39 is 11.5 Å². The van der Waals surface area contributed by atoms with Gasteiger partial charge < -0.3 is 10.1 Å². The average Bonchev–Trinajstić information content (AvgIpc) is 3.33. The highest BCUT2D eigenvalue weighted by Crippen LogP contribution is 2.42. The summed E-state index contributed by atoms with van der Waals surface area (Å²) in [7, 11) is 1.32. The van der Waals surface area contributed by atoms with E-state index in [1.807, 2.05) is 0 Å². The number of methoxy groups -OCH3 is 1. The van der Waals surface area contributed by atoms with Crippen molar-refractivity contribution in [1.29, 1.82) is 0 Å². The summed E-state index contributed by atoms with van der Waals surface area (Å²) < 4.78 is 4.64. The van der Waals surface area contributed by atoms with Crippen LogP contribution >= 0.6 is 0 Å². The van der Waals surface area contributed by atoms with E-state index in [0.717, 1.165) is 18.4 Å². The molecule has 6 nitrogen and oxygen atoms in total. The average molecular weight is 302 g/mol. The highest BCUT2D eigenvalue weighted by atomic mass is 16.5. The minimum absolute atomic E-state index is 0.169. The highest BCUT2D eigenvalue weighted by Gasteiger charge is 2.55. The van der Waals surface area contributed by atoms with Gasteiger partial charge in [0.1, 0.15) is 5.54 Å². The molecule has 1 atom stereocenters. The summed E-state index contributed by atoms with van der Waals surface area (Å²) in [5.41, 5.74) is 0.464. The van der Waals surface area contributed by atoms with E-state index >= 15 is 0 Å². The van der Waals surface area contributed by atoms with Crippen molar-refractivity contribution >= 4 is 17.9 Å². The molecule has 1 aliphatic heterocycles. The normalized spacial score (nSPS) is 24.4. The number of esters is 1. The van der Waals surface area contributed by atoms with Crippen molar-refractivity contribution in [3.63, 3.8) is 0 Å². The van der Waals surface area contributed by atoms with Gasteiger partial charge in [-0.05, 0) is 43.4 Å². The van der Waals surface area contributed by atoms with Crippen molar-refractivity contribution < 1.29 is 19.1 Å². The number of benzene rings is 1. The third-order valence-corrected chi connectivity index (χ3v) is 4.41. The van der Waals surface area contributed by atoms with Crippen LogP contribution in [0.4, 0.5) is 4.79 Å². The zero-order chi connectivity index (χ0) is 15.9. The summed E-state index contributed by atoms with van der Waals surface area (Å²) in [4.78, 5) is 37.2. The molecule has 0 spiro atoms. The number of ether oxygens (including phenoxy) is 1. The van der Waals surface area contributed by atoms with E-state index in [0.29, 0.717) is 5.56 Å². The van der Waals surface area contributed by atoms with Gasteiger partial charge >= 0.3 is 12.0 Å². The zero-order valence-electron chi connectivity index (χ0n) is 12.6. The molecule has 1 aromatic rings. The number of carbonyl (C=O) groups excluding carboxylic acids is 3. The standard InChI is InChI=1S/C16H18N2O4/c1-16(12-7-8-12)14(20)18(15(21)17-16)9-10-3-5-11(6-4-10)13(19)22-2/h3-6,12H,7-9H2,1-2H3,(H,17,21). The Kier molecular flexibility index (Phi) is 3.39. The number of rotatable bonds is 4. The molecule has 0 bridgehead atoms. The second-order valence-electron chi connectivity index (χ2n) is 5.99. The van der Waals surface area contributed by atoms with Crippen molar-refractivity contribution in [3.05, 3.63) is 35.4 Å². The third kappa shape index (κ3) is 2.34. The van der Waals surface area contributed by atoms with Crippen molar-refractivity contribution in [1.82, 2.24) is 10.2 Å². The first-order valence-corrected chi connectivity index (χ1v) is 7.27. The first kappa shape index (κ1) is 14.6. The quantitative estimate of drug-likeness (QED) is 0.678. The highest BCUT2D eigenvalue weighted by molar-refractivity contribution is 6.07. The summed E-state index contributed by atoms with van der Waals surface area (Å²) in [6, 6.07) is 6.34. The summed E-state index contributed by atoms with van der Waals surface area (Å²) >= 11 is 0. The van der Waals surface area contributed by atoms with Gasteiger partial charge in [0.05, 0.1) is 19.2 Å². The lowest BCUT2D eigenvalue weighted by Gasteiger charge is -2.21. The molecule has 1 saturated carbocycles. The van der Waals surface area contributed by atoms with Crippen LogP contribution in [0.1, 0.15) is 35.7 Å². The Morgan fingerprint density at radius 1 is 1.32 bits per heavy atom. The Labute approximate surface area is 128 Å². The molecule has 0 radical (unpaired) electrons. The number of carbonyl (C=O) groups is 3. The number of nitrogens with zero attached hydrogens (tertiary/aromatic N) is 1. The molecule has 1 saturated heterocycles. The molecule has 1 unspecified atom stereocenters. The number of urea groups is 1. The predicted molar refractivity (Wildman–Crippen MR) is 78.0 cm³/mol. The van der Waals surface area contributed by atoms with Gasteiger partial charge in [-0.1, -0.05) is 12.1 Å². The van der Waals surface area contributed by atoms with E-state index in [9.17, 15) is 14.4 Å². The maximum absolute atomic E-state index is 12.5. The summed E-state index contributed by atoms with van der Waals surface area (Å²) in [6.45, 7) is 2.00. The van der Waals surface area contributed by atoms with E-state index in [1.165, 1.54) is 12.0 Å². The van der Waals surface area contributed by atoms with Gasteiger partial charge in [0.25, 0.3) is 5.91 Å². The number of nitrogens with one attached hydrogen (secondary N) is 1. The van der Waals surface area contributed by atoms with Crippen LogP contribution in [-0.2, 0) is 16.1 Å². The van der Waals surface area contributed by atoms with E-state index in [4.69, 9.17) is 0 Å². The maximum Gasteiger partial charge on any atom is 0.337 e. The fourth-order valence-electron chi connectivity index (χ4n) is 2.84. The molecule has 0 aromatic heterocycles. The van der Waals surface area contributed by atoms with Gasteiger partial charge in [0.15, 0.2) is 0 Å². The molecule has 1 N–H and O–H groups in total. The van der Waals surface area contributed by atoms with Crippen LogP contribution in [0.5, 0.6) is 0 Å². The molecule has 3 amide bonds. The van der Waals surface area contributed by atoms with Gasteiger partial charge in [0, 0.05) is 0 Å². The van der Waals surface area contributed by atoms with Gasteiger partial charge in [-0.25, -0.2) is 9.59 Å². The largest absolute Gasteiger partial charge is 0.465 e. The third-order valence-electron chi connectivity index (χ3n) is 4.41.